The maximum Gasteiger partial charge on any atom is 0.146 e. The number of nitrogens with zero attached hydrogens (tertiary/aromatic N) is 1. The number of fused-ring (bicyclic) bond motifs is 1. The Kier molecular flexibility index (Phi) is 3.33. The molecule has 100 valence electrons. The summed E-state index contributed by atoms with van der Waals surface area (Å²) in [5.41, 5.74) is 3.55. The molecular weight excluding hydrogens is 251 g/mol. The molecule has 1 heterocycles. The third kappa shape index (κ3) is 2.48. The molecule has 0 amide bonds. The van der Waals surface area contributed by atoms with Crippen LogP contribution in [0.3, 0.4) is 0 Å². The van der Waals surface area contributed by atoms with Gasteiger partial charge in [0.2, 0.25) is 0 Å². The average Bonchev–Trinajstić information content (AvgIpc) is 2.46. The van der Waals surface area contributed by atoms with Crippen LogP contribution in [-0.4, -0.2) is 4.98 Å². The first-order valence-electron chi connectivity index (χ1n) is 6.57. The third-order valence-corrected chi connectivity index (χ3v) is 3.36. The van der Waals surface area contributed by atoms with Crippen LogP contribution in [0.25, 0.3) is 10.9 Å². The highest BCUT2D eigenvalue weighted by Crippen LogP contribution is 2.20. The van der Waals surface area contributed by atoms with E-state index >= 15 is 0 Å². The Morgan fingerprint density at radius 1 is 1.10 bits per heavy atom. The maximum absolute atomic E-state index is 13.7. The lowest BCUT2D eigenvalue weighted by atomic mass is 10.1. The standard InChI is InChI=1S/C17H15FN2/c1-12-4-2-6-15(18)17(12)20-11-13-7-8-16-14(10-13)5-3-9-19-16/h2-10,20H,11H2,1H3. The normalized spacial score (nSPS) is 10.7. The van der Waals surface area contributed by atoms with Crippen LogP contribution < -0.4 is 5.32 Å². The van der Waals surface area contributed by atoms with E-state index in [2.05, 4.69) is 16.4 Å². The summed E-state index contributed by atoms with van der Waals surface area (Å²) in [5, 5.41) is 4.26. The van der Waals surface area contributed by atoms with Gasteiger partial charge >= 0.3 is 0 Å². The summed E-state index contributed by atoms with van der Waals surface area (Å²) in [6, 6.07) is 15.1. The zero-order valence-corrected chi connectivity index (χ0v) is 11.2. The summed E-state index contributed by atoms with van der Waals surface area (Å²) in [6.45, 7) is 2.49. The molecule has 0 aliphatic carbocycles. The highest BCUT2D eigenvalue weighted by atomic mass is 19.1. The van der Waals surface area contributed by atoms with Gasteiger partial charge < -0.3 is 5.32 Å². The predicted octanol–water partition coefficient (Wildman–Crippen LogP) is 4.29. The molecule has 2 aromatic carbocycles. The number of nitrogens with one attached hydrogen (secondary N) is 1. The minimum absolute atomic E-state index is 0.215. The van der Waals surface area contributed by atoms with E-state index in [9.17, 15) is 4.39 Å². The van der Waals surface area contributed by atoms with Crippen LogP contribution in [0.15, 0.2) is 54.7 Å². The second kappa shape index (κ2) is 5.29. The van der Waals surface area contributed by atoms with Crippen molar-refractivity contribution in [2.75, 3.05) is 5.32 Å². The number of hydrogen-bond donors (Lipinski definition) is 1. The summed E-state index contributed by atoms with van der Waals surface area (Å²) < 4.78 is 13.7. The molecule has 1 N–H and O–H groups in total. The molecule has 3 heteroatoms. The van der Waals surface area contributed by atoms with E-state index in [1.807, 2.05) is 37.3 Å². The molecule has 1 aromatic heterocycles. The van der Waals surface area contributed by atoms with E-state index in [0.29, 0.717) is 12.2 Å². The van der Waals surface area contributed by atoms with Crippen molar-refractivity contribution in [1.29, 1.82) is 0 Å². The van der Waals surface area contributed by atoms with Gasteiger partial charge in [-0.15, -0.1) is 0 Å². The van der Waals surface area contributed by atoms with Crippen molar-refractivity contribution in [1.82, 2.24) is 4.98 Å². The topological polar surface area (TPSA) is 24.9 Å². The van der Waals surface area contributed by atoms with Crippen molar-refractivity contribution < 1.29 is 4.39 Å². The van der Waals surface area contributed by atoms with Gasteiger partial charge in [0.1, 0.15) is 5.82 Å². The van der Waals surface area contributed by atoms with Gasteiger partial charge in [-0.05, 0) is 42.3 Å². The van der Waals surface area contributed by atoms with Crippen molar-refractivity contribution in [2.24, 2.45) is 0 Å². The van der Waals surface area contributed by atoms with Gasteiger partial charge in [-0.2, -0.15) is 0 Å². The minimum atomic E-state index is -0.215. The van der Waals surface area contributed by atoms with Gasteiger partial charge in [-0.3, -0.25) is 4.98 Å². The molecule has 0 fully saturated rings. The number of rotatable bonds is 3. The smallest absolute Gasteiger partial charge is 0.146 e. The van der Waals surface area contributed by atoms with Crippen molar-refractivity contribution in [2.45, 2.75) is 13.5 Å². The first-order chi connectivity index (χ1) is 9.74. The van der Waals surface area contributed by atoms with Crippen LogP contribution in [0.2, 0.25) is 0 Å². The van der Waals surface area contributed by atoms with E-state index in [1.54, 1.807) is 12.3 Å². The second-order valence-corrected chi connectivity index (χ2v) is 4.82. The van der Waals surface area contributed by atoms with Crippen LogP contribution in [0.5, 0.6) is 0 Å². The molecular formula is C17H15FN2. The van der Waals surface area contributed by atoms with Crippen LogP contribution >= 0.6 is 0 Å². The summed E-state index contributed by atoms with van der Waals surface area (Å²) in [4.78, 5) is 4.29. The molecule has 3 rings (SSSR count). The molecule has 0 unspecified atom stereocenters. The van der Waals surface area contributed by atoms with E-state index in [0.717, 1.165) is 22.0 Å². The molecule has 0 aliphatic heterocycles. The maximum atomic E-state index is 13.7. The van der Waals surface area contributed by atoms with Crippen LogP contribution in [0.1, 0.15) is 11.1 Å². The van der Waals surface area contributed by atoms with Crippen molar-refractivity contribution >= 4 is 16.6 Å². The Hall–Kier alpha value is -2.42. The summed E-state index contributed by atoms with van der Waals surface area (Å²) >= 11 is 0. The number of anilines is 1. The van der Waals surface area contributed by atoms with Gasteiger partial charge in [0.05, 0.1) is 11.2 Å². The SMILES string of the molecule is Cc1cccc(F)c1NCc1ccc2ncccc2c1. The van der Waals surface area contributed by atoms with E-state index in [4.69, 9.17) is 0 Å². The summed E-state index contributed by atoms with van der Waals surface area (Å²) in [7, 11) is 0. The number of aryl methyl sites for hydroxylation is 1. The van der Waals surface area contributed by atoms with Gasteiger partial charge in [0.15, 0.2) is 0 Å². The van der Waals surface area contributed by atoms with Crippen LogP contribution in [-0.2, 0) is 6.54 Å². The van der Waals surface area contributed by atoms with E-state index in [1.165, 1.54) is 6.07 Å². The fourth-order valence-corrected chi connectivity index (χ4v) is 2.28. The zero-order chi connectivity index (χ0) is 13.9. The molecule has 0 radical (unpaired) electrons. The average molecular weight is 266 g/mol. The Morgan fingerprint density at radius 3 is 2.85 bits per heavy atom. The van der Waals surface area contributed by atoms with Crippen molar-refractivity contribution in [3.05, 3.63) is 71.7 Å². The molecule has 0 saturated heterocycles. The lowest BCUT2D eigenvalue weighted by Gasteiger charge is -2.11. The Bertz CT molecular complexity index is 733. The second-order valence-electron chi connectivity index (χ2n) is 4.82. The van der Waals surface area contributed by atoms with Crippen LogP contribution in [0, 0.1) is 12.7 Å². The zero-order valence-electron chi connectivity index (χ0n) is 11.2. The first kappa shape index (κ1) is 12.6. The predicted molar refractivity (Wildman–Crippen MR) is 80.2 cm³/mol. The van der Waals surface area contributed by atoms with Gasteiger partial charge in [0, 0.05) is 18.1 Å². The van der Waals surface area contributed by atoms with Gasteiger partial charge in [0.25, 0.3) is 0 Å². The number of halogens is 1. The minimum Gasteiger partial charge on any atom is -0.378 e. The number of benzene rings is 2. The van der Waals surface area contributed by atoms with Crippen molar-refractivity contribution in [3.63, 3.8) is 0 Å². The Balaban J connectivity index is 1.83. The Labute approximate surface area is 117 Å². The first-order valence-corrected chi connectivity index (χ1v) is 6.57. The molecule has 0 atom stereocenters. The van der Waals surface area contributed by atoms with Crippen molar-refractivity contribution in [3.8, 4) is 0 Å². The van der Waals surface area contributed by atoms with E-state index < -0.39 is 0 Å². The molecule has 0 spiro atoms. The lowest BCUT2D eigenvalue weighted by molar-refractivity contribution is 0.629. The number of pyridine rings is 1. The third-order valence-electron chi connectivity index (χ3n) is 3.36. The summed E-state index contributed by atoms with van der Waals surface area (Å²) in [5.74, 6) is -0.215. The van der Waals surface area contributed by atoms with Crippen LogP contribution in [0.4, 0.5) is 10.1 Å². The monoisotopic (exact) mass is 266 g/mol. The lowest BCUT2D eigenvalue weighted by Crippen LogP contribution is -2.03. The Morgan fingerprint density at radius 2 is 2.00 bits per heavy atom. The fraction of sp³-hybridized carbons (Fsp3) is 0.118. The highest BCUT2D eigenvalue weighted by Gasteiger charge is 2.04. The largest absolute Gasteiger partial charge is 0.378 e. The van der Waals surface area contributed by atoms with E-state index in [-0.39, 0.29) is 5.82 Å². The van der Waals surface area contributed by atoms with Gasteiger partial charge in [-0.25, -0.2) is 4.39 Å². The molecule has 0 aliphatic rings. The molecule has 0 saturated carbocycles. The number of aromatic nitrogens is 1. The molecule has 2 nitrogen and oxygen atoms in total. The molecule has 20 heavy (non-hydrogen) atoms. The number of para-hydroxylation sites is 1. The van der Waals surface area contributed by atoms with Gasteiger partial charge in [-0.1, -0.05) is 24.3 Å². The fourth-order valence-electron chi connectivity index (χ4n) is 2.28. The summed E-state index contributed by atoms with van der Waals surface area (Å²) in [6.07, 6.45) is 1.78. The highest BCUT2D eigenvalue weighted by molar-refractivity contribution is 5.79. The molecule has 0 bridgehead atoms. The quantitative estimate of drug-likeness (QED) is 0.764. The number of hydrogen-bond acceptors (Lipinski definition) is 2. The molecule has 3 aromatic rings.